The summed E-state index contributed by atoms with van der Waals surface area (Å²) >= 11 is 0. The van der Waals surface area contributed by atoms with E-state index in [0.29, 0.717) is 19.7 Å². The maximum atomic E-state index is 13.5. The summed E-state index contributed by atoms with van der Waals surface area (Å²) in [5.41, 5.74) is 2.73. The number of amides is 2. The number of carbonyl (C=O) groups excluding carboxylic acids is 1. The SMILES string of the molecule is O=C(N1CCC(O)(c2cccc(C(F)(F)F)c2)CC1)N1CCOc2ccc(-c3ccc4nc[nH]c4c3)cc2C1. The van der Waals surface area contributed by atoms with Gasteiger partial charge in [-0.1, -0.05) is 24.3 Å². The van der Waals surface area contributed by atoms with Gasteiger partial charge in [-0.05, 0) is 65.9 Å². The maximum absolute atomic E-state index is 13.5. The first-order chi connectivity index (χ1) is 18.7. The first-order valence-electron chi connectivity index (χ1n) is 12.8. The number of nitrogens with zero attached hydrogens (tertiary/aromatic N) is 3. The Morgan fingerprint density at radius 2 is 1.74 bits per heavy atom. The largest absolute Gasteiger partial charge is 0.491 e. The summed E-state index contributed by atoms with van der Waals surface area (Å²) in [4.78, 5) is 24.2. The fourth-order valence-corrected chi connectivity index (χ4v) is 5.39. The van der Waals surface area contributed by atoms with Gasteiger partial charge < -0.3 is 24.6 Å². The van der Waals surface area contributed by atoms with Gasteiger partial charge in [0.25, 0.3) is 0 Å². The van der Waals surface area contributed by atoms with Gasteiger partial charge in [-0.3, -0.25) is 0 Å². The highest BCUT2D eigenvalue weighted by Crippen LogP contribution is 2.37. The molecule has 2 aliphatic heterocycles. The molecule has 1 fully saturated rings. The molecule has 0 bridgehead atoms. The zero-order valence-corrected chi connectivity index (χ0v) is 21.0. The van der Waals surface area contributed by atoms with Crippen LogP contribution in [0.5, 0.6) is 5.75 Å². The van der Waals surface area contributed by atoms with E-state index < -0.39 is 17.3 Å². The number of ether oxygens (including phenoxy) is 1. The van der Waals surface area contributed by atoms with Crippen molar-refractivity contribution in [3.8, 4) is 16.9 Å². The van der Waals surface area contributed by atoms with E-state index >= 15 is 0 Å². The molecule has 6 rings (SSSR count). The van der Waals surface area contributed by atoms with Crippen molar-refractivity contribution in [3.63, 3.8) is 0 Å². The highest BCUT2D eigenvalue weighted by Gasteiger charge is 2.39. The number of aromatic amines is 1. The van der Waals surface area contributed by atoms with E-state index in [2.05, 4.69) is 9.97 Å². The van der Waals surface area contributed by atoms with E-state index in [9.17, 15) is 23.1 Å². The molecule has 3 heterocycles. The molecule has 10 heteroatoms. The standard InChI is InChI=1S/C29H27F3N4O3/c30-29(31,32)23-3-1-2-22(16-23)28(38)8-10-35(11-9-28)27(37)36-12-13-39-26-7-5-19(14-21(26)17-36)20-4-6-24-25(15-20)34-18-33-24/h1-7,14-16,18,38H,8-13,17H2,(H,33,34). The number of rotatable bonds is 2. The van der Waals surface area contributed by atoms with Crippen LogP contribution in [0.2, 0.25) is 0 Å². The number of carbonyl (C=O) groups is 1. The number of H-pyrrole nitrogens is 1. The number of nitrogens with one attached hydrogen (secondary N) is 1. The second-order valence-corrected chi connectivity index (χ2v) is 10.1. The number of hydrogen-bond acceptors (Lipinski definition) is 4. The van der Waals surface area contributed by atoms with Gasteiger partial charge in [-0.2, -0.15) is 13.2 Å². The van der Waals surface area contributed by atoms with E-state index in [0.717, 1.165) is 45.6 Å². The van der Waals surface area contributed by atoms with Crippen LogP contribution >= 0.6 is 0 Å². The van der Waals surface area contributed by atoms with Gasteiger partial charge in [-0.25, -0.2) is 9.78 Å². The Hall–Kier alpha value is -4.05. The summed E-state index contributed by atoms with van der Waals surface area (Å²) < 4.78 is 45.5. The zero-order valence-electron chi connectivity index (χ0n) is 21.0. The predicted molar refractivity (Wildman–Crippen MR) is 139 cm³/mol. The second kappa shape index (κ2) is 9.60. The van der Waals surface area contributed by atoms with Gasteiger partial charge in [-0.15, -0.1) is 0 Å². The van der Waals surface area contributed by atoms with E-state index in [-0.39, 0.29) is 37.5 Å². The lowest BCUT2D eigenvalue weighted by Gasteiger charge is -2.40. The number of fused-ring (bicyclic) bond motifs is 2. The highest BCUT2D eigenvalue weighted by molar-refractivity contribution is 5.82. The van der Waals surface area contributed by atoms with Crippen molar-refractivity contribution in [2.45, 2.75) is 31.2 Å². The number of urea groups is 1. The number of halogens is 3. The molecular weight excluding hydrogens is 509 g/mol. The van der Waals surface area contributed by atoms with Crippen LogP contribution in [0.15, 0.2) is 67.0 Å². The molecule has 0 saturated carbocycles. The number of hydrogen-bond donors (Lipinski definition) is 2. The van der Waals surface area contributed by atoms with Gasteiger partial charge in [0.1, 0.15) is 12.4 Å². The molecule has 0 unspecified atom stereocenters. The molecule has 202 valence electrons. The van der Waals surface area contributed by atoms with Crippen molar-refractivity contribution in [2.75, 3.05) is 26.2 Å². The Kier molecular flexibility index (Phi) is 6.22. The number of aromatic nitrogens is 2. The topological polar surface area (TPSA) is 81.7 Å². The summed E-state index contributed by atoms with van der Waals surface area (Å²) in [6.07, 6.45) is -2.52. The molecular formula is C29H27F3N4O3. The Morgan fingerprint density at radius 3 is 2.54 bits per heavy atom. The van der Waals surface area contributed by atoms with E-state index in [4.69, 9.17) is 4.74 Å². The Bertz CT molecular complexity index is 1530. The Morgan fingerprint density at radius 1 is 0.974 bits per heavy atom. The number of aliphatic hydroxyl groups is 1. The van der Waals surface area contributed by atoms with Crippen LogP contribution in [0.3, 0.4) is 0 Å². The van der Waals surface area contributed by atoms with Gasteiger partial charge >= 0.3 is 12.2 Å². The summed E-state index contributed by atoms with van der Waals surface area (Å²) in [6.45, 7) is 1.58. The first kappa shape index (κ1) is 25.2. The van der Waals surface area contributed by atoms with Crippen LogP contribution < -0.4 is 4.74 Å². The number of likely N-dealkylation sites (tertiary alicyclic amines) is 1. The van der Waals surface area contributed by atoms with E-state index in [1.165, 1.54) is 12.1 Å². The van der Waals surface area contributed by atoms with Gasteiger partial charge in [0.15, 0.2) is 0 Å². The quantitative estimate of drug-likeness (QED) is 0.352. The maximum Gasteiger partial charge on any atom is 0.416 e. The molecule has 39 heavy (non-hydrogen) atoms. The summed E-state index contributed by atoms with van der Waals surface area (Å²) in [5.74, 6) is 0.731. The lowest BCUT2D eigenvalue weighted by molar-refractivity contribution is -0.137. The van der Waals surface area contributed by atoms with Crippen molar-refractivity contribution in [3.05, 3.63) is 83.7 Å². The van der Waals surface area contributed by atoms with Crippen LogP contribution in [-0.4, -0.2) is 57.1 Å². The molecule has 7 nitrogen and oxygen atoms in total. The van der Waals surface area contributed by atoms with Crippen LogP contribution in [0.1, 0.15) is 29.5 Å². The van der Waals surface area contributed by atoms with E-state index in [1.54, 1.807) is 16.1 Å². The van der Waals surface area contributed by atoms with Crippen molar-refractivity contribution in [2.24, 2.45) is 0 Å². The number of alkyl halides is 3. The van der Waals surface area contributed by atoms with Gasteiger partial charge in [0.2, 0.25) is 0 Å². The fraction of sp³-hybridized carbons (Fsp3) is 0.310. The minimum Gasteiger partial charge on any atom is -0.491 e. The zero-order chi connectivity index (χ0) is 27.2. The van der Waals surface area contributed by atoms with Crippen molar-refractivity contribution < 1.29 is 27.8 Å². The third-order valence-corrected chi connectivity index (χ3v) is 7.65. The summed E-state index contributed by atoms with van der Waals surface area (Å²) in [5, 5.41) is 11.2. The van der Waals surface area contributed by atoms with Gasteiger partial charge in [0, 0.05) is 18.7 Å². The highest BCUT2D eigenvalue weighted by atomic mass is 19.4. The minimum atomic E-state index is -4.49. The molecule has 0 spiro atoms. The molecule has 1 aromatic heterocycles. The lowest BCUT2D eigenvalue weighted by Crippen LogP contribution is -2.50. The molecule has 0 aliphatic carbocycles. The average Bonchev–Trinajstić information content (AvgIpc) is 3.30. The average molecular weight is 537 g/mol. The fourth-order valence-electron chi connectivity index (χ4n) is 5.39. The molecule has 2 N–H and O–H groups in total. The number of piperidine rings is 1. The minimum absolute atomic E-state index is 0.154. The Labute approximate surface area is 222 Å². The monoisotopic (exact) mass is 536 g/mol. The molecule has 1 saturated heterocycles. The third-order valence-electron chi connectivity index (χ3n) is 7.65. The van der Waals surface area contributed by atoms with Crippen LogP contribution in [-0.2, 0) is 18.3 Å². The third kappa shape index (κ3) is 4.92. The molecule has 3 aromatic carbocycles. The second-order valence-electron chi connectivity index (χ2n) is 10.1. The van der Waals surface area contributed by atoms with Crippen LogP contribution in [0.25, 0.3) is 22.2 Å². The number of benzene rings is 3. The smallest absolute Gasteiger partial charge is 0.416 e. The predicted octanol–water partition coefficient (Wildman–Crippen LogP) is 5.55. The van der Waals surface area contributed by atoms with Gasteiger partial charge in [0.05, 0.1) is 41.6 Å². The lowest BCUT2D eigenvalue weighted by atomic mass is 9.84. The molecule has 2 aliphatic rings. The van der Waals surface area contributed by atoms with Crippen molar-refractivity contribution in [1.82, 2.24) is 19.8 Å². The first-order valence-corrected chi connectivity index (χ1v) is 12.8. The molecule has 0 radical (unpaired) electrons. The van der Waals surface area contributed by atoms with Crippen LogP contribution in [0, 0.1) is 0 Å². The molecule has 2 amide bonds. The molecule has 4 aromatic rings. The van der Waals surface area contributed by atoms with Crippen molar-refractivity contribution in [1.29, 1.82) is 0 Å². The number of imidazole rings is 1. The van der Waals surface area contributed by atoms with E-state index in [1.807, 2.05) is 36.4 Å². The normalized spacial score (nSPS) is 17.4. The van der Waals surface area contributed by atoms with Crippen LogP contribution in [0.4, 0.5) is 18.0 Å². The summed E-state index contributed by atoms with van der Waals surface area (Å²) in [6, 6.07) is 16.6. The van der Waals surface area contributed by atoms with Crippen molar-refractivity contribution >= 4 is 17.1 Å². The molecule has 0 atom stereocenters. The summed E-state index contributed by atoms with van der Waals surface area (Å²) in [7, 11) is 0. The Balaban J connectivity index is 1.16.